The fourth-order valence-electron chi connectivity index (χ4n) is 0.839. The summed E-state index contributed by atoms with van der Waals surface area (Å²) in [6.07, 6.45) is 0. The molecule has 1 N–H and O–H groups in total. The largest absolute Gasteiger partial charge is 0.512 e. The minimum Gasteiger partial charge on any atom is -0.206 e. The lowest BCUT2D eigenvalue weighted by atomic mass is 10.4. The molecule has 0 fully saturated rings. The summed E-state index contributed by atoms with van der Waals surface area (Å²) in [6.45, 7) is 0. The van der Waals surface area contributed by atoms with Gasteiger partial charge in [-0.2, -0.15) is 13.2 Å². The fraction of sp³-hybridized carbons (Fsp3) is 0.143. The quantitative estimate of drug-likeness (QED) is 0.893. The van der Waals surface area contributed by atoms with E-state index in [1.165, 1.54) is 18.2 Å². The number of sulfonamides is 2. The minimum absolute atomic E-state index is 0.576. The first-order valence-electron chi connectivity index (χ1n) is 3.96. The van der Waals surface area contributed by atoms with Crippen LogP contribution in [-0.2, 0) is 20.0 Å². The number of halogens is 3. The molecule has 17 heavy (non-hydrogen) atoms. The maximum atomic E-state index is 12.0. The van der Waals surface area contributed by atoms with E-state index < -0.39 is 30.5 Å². The van der Waals surface area contributed by atoms with E-state index in [-0.39, 0.29) is 0 Å². The van der Waals surface area contributed by atoms with Crippen LogP contribution in [-0.4, -0.2) is 22.3 Å². The molecule has 0 radical (unpaired) electrons. The van der Waals surface area contributed by atoms with Gasteiger partial charge in [0.05, 0.1) is 4.90 Å². The highest BCUT2D eigenvalue weighted by Crippen LogP contribution is 2.23. The second-order valence-electron chi connectivity index (χ2n) is 2.85. The Balaban J connectivity index is 3.14. The molecule has 96 valence electrons. The van der Waals surface area contributed by atoms with Gasteiger partial charge in [-0.1, -0.05) is 22.3 Å². The Morgan fingerprint density at radius 1 is 0.941 bits per heavy atom. The monoisotopic (exact) mass is 289 g/mol. The highest BCUT2D eigenvalue weighted by Gasteiger charge is 2.48. The van der Waals surface area contributed by atoms with Crippen molar-refractivity contribution < 1.29 is 30.0 Å². The van der Waals surface area contributed by atoms with Crippen molar-refractivity contribution in [1.29, 1.82) is 0 Å². The van der Waals surface area contributed by atoms with Crippen LogP contribution in [0.2, 0.25) is 0 Å². The molecular formula is C7H6F3NO4S2. The number of nitrogens with one attached hydrogen (secondary N) is 1. The highest BCUT2D eigenvalue weighted by molar-refractivity contribution is 8.05. The predicted molar refractivity (Wildman–Crippen MR) is 51.7 cm³/mol. The first kappa shape index (κ1) is 13.9. The molecule has 0 amide bonds. The van der Waals surface area contributed by atoms with E-state index in [1.54, 1.807) is 0 Å². The molecule has 0 aromatic heterocycles. The molecule has 10 heteroatoms. The van der Waals surface area contributed by atoms with E-state index in [1.807, 2.05) is 0 Å². The number of alkyl halides is 3. The van der Waals surface area contributed by atoms with Crippen molar-refractivity contribution in [2.75, 3.05) is 0 Å². The van der Waals surface area contributed by atoms with Crippen LogP contribution in [0.25, 0.3) is 0 Å². The summed E-state index contributed by atoms with van der Waals surface area (Å²) in [5.74, 6) is 0. The summed E-state index contributed by atoms with van der Waals surface area (Å²) in [6, 6.07) is 5.85. The third-order valence-corrected chi connectivity index (χ3v) is 4.84. The van der Waals surface area contributed by atoms with E-state index in [4.69, 9.17) is 0 Å². The number of hydrogen-bond donors (Lipinski definition) is 1. The Morgan fingerprint density at radius 2 is 1.41 bits per heavy atom. The minimum atomic E-state index is -5.94. The van der Waals surface area contributed by atoms with E-state index in [0.717, 1.165) is 12.1 Å². The van der Waals surface area contributed by atoms with Crippen LogP contribution in [0.1, 0.15) is 0 Å². The van der Waals surface area contributed by atoms with Crippen LogP contribution in [0, 0.1) is 0 Å². The van der Waals surface area contributed by atoms with Gasteiger partial charge in [-0.3, -0.25) is 0 Å². The standard InChI is InChI=1S/C7H6F3NO4S2/c8-7(9,10)17(14,15)11-16(12,13)6-4-2-1-3-5-6/h1-5,11H. The molecule has 0 spiro atoms. The van der Waals surface area contributed by atoms with Gasteiger partial charge in [0, 0.05) is 0 Å². The van der Waals surface area contributed by atoms with Crippen molar-refractivity contribution in [3.8, 4) is 0 Å². The molecule has 0 aliphatic heterocycles. The summed E-state index contributed by atoms with van der Waals surface area (Å²) < 4.78 is 80.4. The summed E-state index contributed by atoms with van der Waals surface area (Å²) in [5, 5.41) is 0. The maximum absolute atomic E-state index is 12.0. The van der Waals surface area contributed by atoms with E-state index in [2.05, 4.69) is 0 Å². The predicted octanol–water partition coefficient (Wildman–Crippen LogP) is 0.815. The fourth-order valence-corrected chi connectivity index (χ4v) is 3.27. The molecule has 0 saturated heterocycles. The van der Waals surface area contributed by atoms with E-state index in [0.29, 0.717) is 4.13 Å². The van der Waals surface area contributed by atoms with Crippen LogP contribution in [0.15, 0.2) is 35.2 Å². The van der Waals surface area contributed by atoms with Crippen LogP contribution in [0.4, 0.5) is 13.2 Å². The molecule has 1 rings (SSSR count). The zero-order valence-corrected chi connectivity index (χ0v) is 9.60. The van der Waals surface area contributed by atoms with Gasteiger partial charge in [0.1, 0.15) is 0 Å². The molecule has 1 aromatic carbocycles. The Bertz CT molecular complexity index is 592. The van der Waals surface area contributed by atoms with Gasteiger partial charge >= 0.3 is 15.5 Å². The highest BCUT2D eigenvalue weighted by atomic mass is 32.3. The van der Waals surface area contributed by atoms with Crippen molar-refractivity contribution >= 4 is 20.0 Å². The Morgan fingerprint density at radius 3 is 1.82 bits per heavy atom. The van der Waals surface area contributed by atoms with Crippen LogP contribution < -0.4 is 4.13 Å². The summed E-state index contributed by atoms with van der Waals surface area (Å²) >= 11 is 0. The molecule has 5 nitrogen and oxygen atoms in total. The zero-order valence-electron chi connectivity index (χ0n) is 7.97. The lowest BCUT2D eigenvalue weighted by molar-refractivity contribution is -0.0441. The molecule has 0 saturated carbocycles. The Labute approximate surface area is 95.4 Å². The van der Waals surface area contributed by atoms with Gasteiger partial charge in [0.2, 0.25) is 0 Å². The normalized spacial score (nSPS) is 13.6. The molecule has 0 unspecified atom stereocenters. The summed E-state index contributed by atoms with van der Waals surface area (Å²) in [7, 11) is -10.7. The van der Waals surface area contributed by atoms with Gasteiger partial charge in [0.25, 0.3) is 10.0 Å². The third kappa shape index (κ3) is 3.17. The van der Waals surface area contributed by atoms with E-state index >= 15 is 0 Å². The van der Waals surface area contributed by atoms with Gasteiger partial charge in [-0.05, 0) is 12.1 Å². The number of hydrogen-bond acceptors (Lipinski definition) is 4. The van der Waals surface area contributed by atoms with Crippen molar-refractivity contribution in [3.63, 3.8) is 0 Å². The maximum Gasteiger partial charge on any atom is 0.512 e. The van der Waals surface area contributed by atoms with Crippen LogP contribution >= 0.6 is 0 Å². The average molecular weight is 289 g/mol. The van der Waals surface area contributed by atoms with Crippen molar-refractivity contribution in [1.82, 2.24) is 4.13 Å². The molecule has 0 bridgehead atoms. The molecule has 0 atom stereocenters. The zero-order chi connectivity index (χ0) is 13.3. The van der Waals surface area contributed by atoms with Crippen molar-refractivity contribution in [2.45, 2.75) is 10.4 Å². The summed E-state index contributed by atoms with van der Waals surface area (Å²) in [5.41, 5.74) is -5.69. The lowest BCUT2D eigenvalue weighted by Crippen LogP contribution is -2.40. The van der Waals surface area contributed by atoms with Crippen LogP contribution in [0.3, 0.4) is 0 Å². The average Bonchev–Trinajstić information content (AvgIpc) is 2.15. The second-order valence-corrected chi connectivity index (χ2v) is 6.46. The molecular weight excluding hydrogens is 283 g/mol. The first-order valence-corrected chi connectivity index (χ1v) is 6.93. The van der Waals surface area contributed by atoms with Crippen LogP contribution in [0.5, 0.6) is 0 Å². The Hall–Kier alpha value is -1.13. The van der Waals surface area contributed by atoms with Crippen molar-refractivity contribution in [3.05, 3.63) is 30.3 Å². The molecule has 0 heterocycles. The topological polar surface area (TPSA) is 80.3 Å². The van der Waals surface area contributed by atoms with E-state index in [9.17, 15) is 30.0 Å². The first-order chi connectivity index (χ1) is 7.56. The molecule has 1 aromatic rings. The summed E-state index contributed by atoms with van der Waals surface area (Å²) in [4.78, 5) is -0.576. The lowest BCUT2D eigenvalue weighted by Gasteiger charge is -2.09. The SMILES string of the molecule is O=S(=O)(NS(=O)(=O)C(F)(F)F)c1ccccc1. The number of rotatable bonds is 3. The smallest absolute Gasteiger partial charge is 0.206 e. The van der Waals surface area contributed by atoms with Gasteiger partial charge in [-0.15, -0.1) is 0 Å². The Kier molecular flexibility index (Phi) is 3.50. The van der Waals surface area contributed by atoms with Gasteiger partial charge in [0.15, 0.2) is 0 Å². The second kappa shape index (κ2) is 4.27. The molecule has 0 aliphatic carbocycles. The number of benzene rings is 1. The molecule has 0 aliphatic rings. The van der Waals surface area contributed by atoms with Gasteiger partial charge < -0.3 is 0 Å². The third-order valence-electron chi connectivity index (χ3n) is 1.58. The van der Waals surface area contributed by atoms with Crippen molar-refractivity contribution in [2.24, 2.45) is 0 Å². The van der Waals surface area contributed by atoms with Gasteiger partial charge in [-0.25, -0.2) is 16.8 Å².